The minimum absolute atomic E-state index is 0.208. The summed E-state index contributed by atoms with van der Waals surface area (Å²) in [5.41, 5.74) is 1.84. The Bertz CT molecular complexity index is 384. The number of carboxylic acids is 1. The largest absolute Gasteiger partial charge is 0.481 e. The van der Waals surface area contributed by atoms with Gasteiger partial charge in [0, 0.05) is 5.92 Å². The lowest BCUT2D eigenvalue weighted by atomic mass is 10.00. The van der Waals surface area contributed by atoms with E-state index in [2.05, 4.69) is 6.07 Å². The van der Waals surface area contributed by atoms with Gasteiger partial charge in [-0.1, -0.05) is 29.8 Å². The van der Waals surface area contributed by atoms with Crippen LogP contribution >= 0.6 is 0 Å². The number of hydrogen-bond donors (Lipinski definition) is 1. The van der Waals surface area contributed by atoms with Gasteiger partial charge >= 0.3 is 5.97 Å². The SMILES string of the molecule is Cc1cccc([C@H]2C[C@]2(C)C(=O)O)c1. The number of aryl methyl sites for hydroxylation is 1. The molecule has 2 heteroatoms. The number of hydrogen-bond acceptors (Lipinski definition) is 1. The highest BCUT2D eigenvalue weighted by atomic mass is 16.4. The predicted molar refractivity (Wildman–Crippen MR) is 54.3 cm³/mol. The molecule has 0 bridgehead atoms. The molecule has 74 valence electrons. The molecule has 2 atom stereocenters. The average Bonchev–Trinajstić information content (AvgIpc) is 2.80. The van der Waals surface area contributed by atoms with E-state index < -0.39 is 11.4 Å². The van der Waals surface area contributed by atoms with E-state index in [1.165, 1.54) is 5.56 Å². The van der Waals surface area contributed by atoms with Crippen LogP contribution in [0.3, 0.4) is 0 Å². The Morgan fingerprint density at radius 3 is 2.79 bits per heavy atom. The Morgan fingerprint density at radius 1 is 1.57 bits per heavy atom. The van der Waals surface area contributed by atoms with Crippen LogP contribution in [0.5, 0.6) is 0 Å². The van der Waals surface area contributed by atoms with Crippen LogP contribution in [-0.2, 0) is 4.79 Å². The lowest BCUT2D eigenvalue weighted by Gasteiger charge is -2.05. The van der Waals surface area contributed by atoms with Gasteiger partial charge in [-0.05, 0) is 25.8 Å². The molecule has 1 fully saturated rings. The molecule has 14 heavy (non-hydrogen) atoms. The van der Waals surface area contributed by atoms with Crippen molar-refractivity contribution >= 4 is 5.97 Å². The zero-order chi connectivity index (χ0) is 10.3. The quantitative estimate of drug-likeness (QED) is 0.778. The molecule has 0 spiro atoms. The highest BCUT2D eigenvalue weighted by molar-refractivity contribution is 5.80. The van der Waals surface area contributed by atoms with Crippen molar-refractivity contribution in [3.63, 3.8) is 0 Å². The first-order valence-electron chi connectivity index (χ1n) is 4.84. The van der Waals surface area contributed by atoms with Crippen LogP contribution in [0, 0.1) is 12.3 Å². The molecule has 0 aromatic heterocycles. The maximum atomic E-state index is 11.0. The number of carboxylic acid groups (broad SMARTS) is 1. The Morgan fingerprint density at radius 2 is 2.29 bits per heavy atom. The number of carbonyl (C=O) groups is 1. The molecule has 1 aromatic rings. The first-order chi connectivity index (χ1) is 6.54. The summed E-state index contributed by atoms with van der Waals surface area (Å²) < 4.78 is 0. The van der Waals surface area contributed by atoms with Gasteiger partial charge in [0.1, 0.15) is 0 Å². The van der Waals surface area contributed by atoms with Gasteiger partial charge in [0.2, 0.25) is 0 Å². The summed E-state index contributed by atoms with van der Waals surface area (Å²) >= 11 is 0. The van der Waals surface area contributed by atoms with Crippen molar-refractivity contribution in [2.75, 3.05) is 0 Å². The Kier molecular flexibility index (Phi) is 1.88. The lowest BCUT2D eigenvalue weighted by Crippen LogP contribution is -2.12. The zero-order valence-corrected chi connectivity index (χ0v) is 8.45. The monoisotopic (exact) mass is 190 g/mol. The van der Waals surface area contributed by atoms with Gasteiger partial charge in [0.05, 0.1) is 5.41 Å². The van der Waals surface area contributed by atoms with Gasteiger partial charge < -0.3 is 5.11 Å². The van der Waals surface area contributed by atoms with Crippen LogP contribution in [0.1, 0.15) is 30.4 Å². The third-order valence-corrected chi connectivity index (χ3v) is 3.17. The minimum atomic E-state index is -0.677. The fourth-order valence-corrected chi connectivity index (χ4v) is 1.97. The first kappa shape index (κ1) is 9.25. The van der Waals surface area contributed by atoms with E-state index >= 15 is 0 Å². The summed E-state index contributed by atoms with van der Waals surface area (Å²) in [6.07, 6.45) is 0.770. The van der Waals surface area contributed by atoms with Crippen LogP contribution in [0.15, 0.2) is 24.3 Å². The Labute approximate surface area is 83.6 Å². The molecule has 1 N–H and O–H groups in total. The van der Waals surface area contributed by atoms with Gasteiger partial charge in [-0.25, -0.2) is 0 Å². The molecule has 0 saturated heterocycles. The average molecular weight is 190 g/mol. The van der Waals surface area contributed by atoms with E-state index in [0.29, 0.717) is 0 Å². The van der Waals surface area contributed by atoms with Gasteiger partial charge in [0.25, 0.3) is 0 Å². The van der Waals surface area contributed by atoms with E-state index in [0.717, 1.165) is 12.0 Å². The number of benzene rings is 1. The summed E-state index contributed by atoms with van der Waals surface area (Å²) in [6.45, 7) is 3.85. The minimum Gasteiger partial charge on any atom is -0.481 e. The van der Waals surface area contributed by atoms with Crippen LogP contribution in [0.4, 0.5) is 0 Å². The number of aliphatic carboxylic acids is 1. The molecule has 0 unspecified atom stereocenters. The molecular weight excluding hydrogens is 176 g/mol. The topological polar surface area (TPSA) is 37.3 Å². The van der Waals surface area contributed by atoms with Crippen molar-refractivity contribution in [1.29, 1.82) is 0 Å². The van der Waals surface area contributed by atoms with Crippen molar-refractivity contribution in [2.45, 2.75) is 26.2 Å². The summed E-state index contributed by atoms with van der Waals surface area (Å²) in [4.78, 5) is 11.0. The van der Waals surface area contributed by atoms with Gasteiger partial charge in [0.15, 0.2) is 0 Å². The van der Waals surface area contributed by atoms with Crippen LogP contribution in [0.25, 0.3) is 0 Å². The first-order valence-corrected chi connectivity index (χ1v) is 4.84. The molecule has 0 radical (unpaired) electrons. The highest BCUT2D eigenvalue weighted by Gasteiger charge is 2.56. The maximum absolute atomic E-state index is 11.0. The molecule has 1 aliphatic carbocycles. The molecule has 0 heterocycles. The second-order valence-corrected chi connectivity index (χ2v) is 4.39. The zero-order valence-electron chi connectivity index (χ0n) is 8.45. The number of rotatable bonds is 2. The van der Waals surface area contributed by atoms with Crippen molar-refractivity contribution in [3.05, 3.63) is 35.4 Å². The van der Waals surface area contributed by atoms with Crippen molar-refractivity contribution in [2.24, 2.45) is 5.41 Å². The molecule has 2 nitrogen and oxygen atoms in total. The molecule has 1 aliphatic rings. The summed E-state index contributed by atoms with van der Waals surface area (Å²) in [5.74, 6) is -0.469. The van der Waals surface area contributed by atoms with Crippen molar-refractivity contribution in [1.82, 2.24) is 0 Å². The summed E-state index contributed by atoms with van der Waals surface area (Å²) in [7, 11) is 0. The molecule has 1 aromatic carbocycles. The van der Waals surface area contributed by atoms with Gasteiger partial charge in [-0.15, -0.1) is 0 Å². The van der Waals surface area contributed by atoms with Gasteiger partial charge in [-0.3, -0.25) is 4.79 Å². The lowest BCUT2D eigenvalue weighted by molar-refractivity contribution is -0.142. The second-order valence-electron chi connectivity index (χ2n) is 4.39. The maximum Gasteiger partial charge on any atom is 0.309 e. The van der Waals surface area contributed by atoms with Crippen LogP contribution < -0.4 is 0 Å². The predicted octanol–water partition coefficient (Wildman–Crippen LogP) is 2.57. The van der Waals surface area contributed by atoms with Crippen molar-refractivity contribution in [3.8, 4) is 0 Å². The second kappa shape index (κ2) is 2.84. The summed E-state index contributed by atoms with van der Waals surface area (Å²) in [6, 6.07) is 8.12. The van der Waals surface area contributed by atoms with Gasteiger partial charge in [-0.2, -0.15) is 0 Å². The van der Waals surface area contributed by atoms with Crippen LogP contribution in [0.2, 0.25) is 0 Å². The van der Waals surface area contributed by atoms with E-state index in [-0.39, 0.29) is 5.92 Å². The third kappa shape index (κ3) is 1.31. The molecule has 0 aliphatic heterocycles. The van der Waals surface area contributed by atoms with E-state index in [1.54, 1.807) is 0 Å². The standard InChI is InChI=1S/C12H14O2/c1-8-4-3-5-9(6-8)10-7-12(10,2)11(13)14/h3-6,10H,7H2,1-2H3,(H,13,14)/t10-,12+/m1/s1. The molecule has 0 amide bonds. The van der Waals surface area contributed by atoms with E-state index in [1.807, 2.05) is 32.0 Å². The van der Waals surface area contributed by atoms with Crippen LogP contribution in [-0.4, -0.2) is 11.1 Å². The Hall–Kier alpha value is -1.31. The molecule has 2 rings (SSSR count). The third-order valence-electron chi connectivity index (χ3n) is 3.17. The van der Waals surface area contributed by atoms with E-state index in [4.69, 9.17) is 5.11 Å². The fourth-order valence-electron chi connectivity index (χ4n) is 1.97. The Balaban J connectivity index is 2.25. The summed E-state index contributed by atoms with van der Waals surface area (Å²) in [5, 5.41) is 9.01. The molecular formula is C12H14O2. The fraction of sp³-hybridized carbons (Fsp3) is 0.417. The molecule has 1 saturated carbocycles. The normalized spacial score (nSPS) is 30.0. The highest BCUT2D eigenvalue weighted by Crippen LogP contribution is 2.59. The van der Waals surface area contributed by atoms with E-state index in [9.17, 15) is 4.79 Å². The smallest absolute Gasteiger partial charge is 0.309 e. The van der Waals surface area contributed by atoms with Crippen molar-refractivity contribution < 1.29 is 9.90 Å².